The highest BCUT2D eigenvalue weighted by Gasteiger charge is 2.10. The van der Waals surface area contributed by atoms with Gasteiger partial charge in [-0.05, 0) is 24.6 Å². The predicted molar refractivity (Wildman–Crippen MR) is 73.6 cm³/mol. The Labute approximate surface area is 110 Å². The van der Waals surface area contributed by atoms with Crippen LogP contribution in [0.25, 0.3) is 22.2 Å². The molecule has 0 unspecified atom stereocenters. The van der Waals surface area contributed by atoms with Crippen molar-refractivity contribution >= 4 is 22.6 Å². The summed E-state index contributed by atoms with van der Waals surface area (Å²) in [5.74, 6) is 0. The molecule has 0 bridgehead atoms. The Morgan fingerprint density at radius 2 is 2.00 bits per heavy atom. The second-order valence-electron chi connectivity index (χ2n) is 4.04. The van der Waals surface area contributed by atoms with Gasteiger partial charge in [0.05, 0.1) is 6.20 Å². The molecule has 0 aliphatic rings. The van der Waals surface area contributed by atoms with Crippen LogP contribution in [-0.2, 0) is 6.54 Å². The summed E-state index contributed by atoms with van der Waals surface area (Å²) in [6.45, 7) is 2.86. The first-order chi connectivity index (χ1) is 8.81. The maximum Gasteiger partial charge on any atom is 0.158 e. The first kappa shape index (κ1) is 11.2. The molecule has 3 rings (SSSR count). The highest BCUT2D eigenvalue weighted by molar-refractivity contribution is 6.33. The number of pyridine rings is 1. The molecule has 0 N–H and O–H groups in total. The number of nitrogens with zero attached hydrogens (tertiary/aromatic N) is 3. The zero-order chi connectivity index (χ0) is 12.5. The van der Waals surface area contributed by atoms with Gasteiger partial charge in [0.15, 0.2) is 5.65 Å². The first-order valence-corrected chi connectivity index (χ1v) is 6.24. The Kier molecular flexibility index (Phi) is 2.76. The molecule has 0 amide bonds. The summed E-state index contributed by atoms with van der Waals surface area (Å²) in [4.78, 5) is 4.39. The number of hydrogen-bond acceptors (Lipinski definition) is 2. The van der Waals surface area contributed by atoms with E-state index in [4.69, 9.17) is 11.6 Å². The van der Waals surface area contributed by atoms with Crippen molar-refractivity contribution in [2.75, 3.05) is 0 Å². The maximum absolute atomic E-state index is 6.25. The summed E-state index contributed by atoms with van der Waals surface area (Å²) in [5, 5.41) is 6.12. The molecule has 0 saturated heterocycles. The third-order valence-electron chi connectivity index (χ3n) is 3.00. The monoisotopic (exact) mass is 257 g/mol. The fourth-order valence-electron chi connectivity index (χ4n) is 2.12. The lowest BCUT2D eigenvalue weighted by Crippen LogP contribution is -1.96. The van der Waals surface area contributed by atoms with E-state index in [-0.39, 0.29) is 0 Å². The summed E-state index contributed by atoms with van der Waals surface area (Å²) >= 11 is 6.25. The zero-order valence-corrected chi connectivity index (χ0v) is 10.7. The Morgan fingerprint density at radius 3 is 2.78 bits per heavy atom. The molecule has 0 saturated carbocycles. The van der Waals surface area contributed by atoms with Crippen LogP contribution in [0.1, 0.15) is 6.92 Å². The van der Waals surface area contributed by atoms with Gasteiger partial charge in [-0.25, -0.2) is 9.67 Å². The van der Waals surface area contributed by atoms with Crippen molar-refractivity contribution < 1.29 is 0 Å². The van der Waals surface area contributed by atoms with Crippen LogP contribution in [0.3, 0.4) is 0 Å². The van der Waals surface area contributed by atoms with Gasteiger partial charge in [0, 0.05) is 28.7 Å². The minimum Gasteiger partial charge on any atom is -0.248 e. The quantitative estimate of drug-likeness (QED) is 0.700. The van der Waals surface area contributed by atoms with Crippen molar-refractivity contribution in [3.05, 3.63) is 47.7 Å². The molecule has 0 aliphatic carbocycles. The Morgan fingerprint density at radius 1 is 1.17 bits per heavy atom. The van der Waals surface area contributed by atoms with E-state index in [0.29, 0.717) is 0 Å². The highest BCUT2D eigenvalue weighted by Crippen LogP contribution is 2.32. The smallest absolute Gasteiger partial charge is 0.158 e. The van der Waals surface area contributed by atoms with Crippen molar-refractivity contribution in [2.24, 2.45) is 0 Å². The minimum atomic E-state index is 0.745. The molecule has 4 heteroatoms. The van der Waals surface area contributed by atoms with Crippen LogP contribution in [0, 0.1) is 0 Å². The first-order valence-electron chi connectivity index (χ1n) is 5.86. The molecule has 3 nitrogen and oxygen atoms in total. The van der Waals surface area contributed by atoms with Crippen LogP contribution < -0.4 is 0 Å². The normalized spacial score (nSPS) is 11.0. The van der Waals surface area contributed by atoms with E-state index in [0.717, 1.165) is 33.7 Å². The molecular formula is C14H12ClN3. The highest BCUT2D eigenvalue weighted by atomic mass is 35.5. The van der Waals surface area contributed by atoms with Crippen molar-refractivity contribution in [1.82, 2.24) is 14.8 Å². The fourth-order valence-corrected chi connectivity index (χ4v) is 2.36. The third kappa shape index (κ3) is 1.68. The Hall–Kier alpha value is -1.87. The molecule has 0 atom stereocenters. The molecule has 0 fully saturated rings. The Bertz CT molecular complexity index is 703. The number of rotatable bonds is 2. The van der Waals surface area contributed by atoms with Crippen molar-refractivity contribution in [3.63, 3.8) is 0 Å². The molecular weight excluding hydrogens is 246 g/mol. The van der Waals surface area contributed by atoms with Gasteiger partial charge in [0.25, 0.3) is 0 Å². The van der Waals surface area contributed by atoms with Crippen molar-refractivity contribution in [2.45, 2.75) is 13.5 Å². The number of hydrogen-bond donors (Lipinski definition) is 0. The summed E-state index contributed by atoms with van der Waals surface area (Å²) in [5.41, 5.74) is 2.99. The van der Waals surface area contributed by atoms with Gasteiger partial charge in [0.1, 0.15) is 0 Å². The van der Waals surface area contributed by atoms with Gasteiger partial charge in [-0.3, -0.25) is 0 Å². The van der Waals surface area contributed by atoms with Crippen LogP contribution >= 0.6 is 11.6 Å². The summed E-state index contributed by atoms with van der Waals surface area (Å²) in [7, 11) is 0. The number of benzene rings is 1. The van der Waals surface area contributed by atoms with Gasteiger partial charge in [0.2, 0.25) is 0 Å². The predicted octanol–water partition coefficient (Wildman–Crippen LogP) is 3.77. The van der Waals surface area contributed by atoms with Crippen LogP contribution in [0.4, 0.5) is 0 Å². The Balaban J connectivity index is 2.30. The lowest BCUT2D eigenvalue weighted by Gasteiger charge is -2.05. The van der Waals surface area contributed by atoms with Crippen molar-refractivity contribution in [1.29, 1.82) is 0 Å². The SMILES string of the molecule is CCn1ncc2c(-c3ccccc3Cl)ccnc21. The van der Waals surface area contributed by atoms with E-state index >= 15 is 0 Å². The molecule has 18 heavy (non-hydrogen) atoms. The standard InChI is InChI=1S/C14H12ClN3/c1-2-18-14-12(9-17-18)10(7-8-16-14)11-5-3-4-6-13(11)15/h3-9H,2H2,1H3. The van der Waals surface area contributed by atoms with Gasteiger partial charge in [-0.2, -0.15) is 5.10 Å². The molecule has 90 valence electrons. The fraction of sp³-hybridized carbons (Fsp3) is 0.143. The third-order valence-corrected chi connectivity index (χ3v) is 3.33. The molecule has 0 spiro atoms. The van der Waals surface area contributed by atoms with Crippen LogP contribution in [0.2, 0.25) is 5.02 Å². The summed E-state index contributed by atoms with van der Waals surface area (Å²) < 4.78 is 1.88. The summed E-state index contributed by atoms with van der Waals surface area (Å²) in [6, 6.07) is 9.80. The van der Waals surface area contributed by atoms with E-state index in [1.54, 1.807) is 6.20 Å². The molecule has 3 aromatic rings. The average molecular weight is 258 g/mol. The summed E-state index contributed by atoms with van der Waals surface area (Å²) in [6.07, 6.45) is 3.65. The second kappa shape index (κ2) is 4.42. The maximum atomic E-state index is 6.25. The van der Waals surface area contributed by atoms with E-state index in [2.05, 4.69) is 17.0 Å². The van der Waals surface area contributed by atoms with Gasteiger partial charge in [-0.1, -0.05) is 29.8 Å². The molecule has 2 heterocycles. The largest absolute Gasteiger partial charge is 0.248 e. The van der Waals surface area contributed by atoms with E-state index in [9.17, 15) is 0 Å². The molecule has 0 aliphatic heterocycles. The second-order valence-corrected chi connectivity index (χ2v) is 4.44. The average Bonchev–Trinajstić information content (AvgIpc) is 2.82. The minimum absolute atomic E-state index is 0.745. The number of aromatic nitrogens is 3. The van der Waals surface area contributed by atoms with Gasteiger partial charge >= 0.3 is 0 Å². The van der Waals surface area contributed by atoms with Gasteiger partial charge < -0.3 is 0 Å². The number of aryl methyl sites for hydroxylation is 1. The lowest BCUT2D eigenvalue weighted by atomic mass is 10.0. The van der Waals surface area contributed by atoms with E-state index < -0.39 is 0 Å². The van der Waals surface area contributed by atoms with Crippen LogP contribution in [0.15, 0.2) is 42.7 Å². The van der Waals surface area contributed by atoms with E-state index in [1.165, 1.54) is 0 Å². The molecule has 1 aromatic carbocycles. The van der Waals surface area contributed by atoms with Gasteiger partial charge in [-0.15, -0.1) is 0 Å². The van der Waals surface area contributed by atoms with E-state index in [1.807, 2.05) is 41.2 Å². The molecule has 2 aromatic heterocycles. The van der Waals surface area contributed by atoms with Crippen LogP contribution in [0.5, 0.6) is 0 Å². The topological polar surface area (TPSA) is 30.7 Å². The number of halogens is 1. The molecule has 0 radical (unpaired) electrons. The zero-order valence-electron chi connectivity index (χ0n) is 9.97. The lowest BCUT2D eigenvalue weighted by molar-refractivity contribution is 0.677. The number of fused-ring (bicyclic) bond motifs is 1. The van der Waals surface area contributed by atoms with Crippen LogP contribution in [-0.4, -0.2) is 14.8 Å². The van der Waals surface area contributed by atoms with Crippen molar-refractivity contribution in [3.8, 4) is 11.1 Å².